The van der Waals surface area contributed by atoms with E-state index in [4.69, 9.17) is 4.74 Å². The second-order valence-electron chi connectivity index (χ2n) is 7.05. The number of carbonyl (C=O) groups is 3. The Morgan fingerprint density at radius 1 is 0.969 bits per heavy atom. The van der Waals surface area contributed by atoms with E-state index in [1.165, 1.54) is 17.3 Å². The van der Waals surface area contributed by atoms with Crippen LogP contribution in [0, 0.1) is 0 Å². The zero-order chi connectivity index (χ0) is 22.9. The molecule has 32 heavy (non-hydrogen) atoms. The molecular weight excluding hydrogens is 410 g/mol. The molecule has 3 aromatic rings. The lowest BCUT2D eigenvalue weighted by molar-refractivity contribution is -0.119. The predicted molar refractivity (Wildman–Crippen MR) is 120 cm³/mol. The van der Waals surface area contributed by atoms with Gasteiger partial charge in [-0.15, -0.1) is 0 Å². The van der Waals surface area contributed by atoms with Crippen LogP contribution in [-0.4, -0.2) is 39.0 Å². The molecule has 0 saturated carbocycles. The van der Waals surface area contributed by atoms with Crippen LogP contribution < -0.4 is 15.4 Å². The number of Topliss-reactive ketones (excluding diaryl/α,β-unsaturated/α-hetero) is 1. The minimum atomic E-state index is -0.509. The van der Waals surface area contributed by atoms with Crippen molar-refractivity contribution in [3.05, 3.63) is 66.7 Å². The number of anilines is 2. The number of hydrogen-bond acceptors (Lipinski definition) is 6. The standard InChI is InChI=1S/C23H25N5O4/c1-3-32-20-10-4-17(5-11-20)21(29)12-13-22(30)26-18-6-8-19(9-7-18)27-23(31)16(2)28-15-24-14-25-28/h4-11,14-16H,3,12-13H2,1-2H3,(H,26,30)(H,27,31)/t16-/m0/s1. The van der Waals surface area contributed by atoms with Crippen molar-refractivity contribution in [2.24, 2.45) is 0 Å². The lowest BCUT2D eigenvalue weighted by atomic mass is 10.1. The number of rotatable bonds is 10. The molecule has 3 rings (SSSR count). The number of ketones is 1. The first-order chi connectivity index (χ1) is 15.5. The third-order valence-electron chi connectivity index (χ3n) is 4.72. The van der Waals surface area contributed by atoms with Crippen LogP contribution in [0.25, 0.3) is 0 Å². The quantitative estimate of drug-likeness (QED) is 0.471. The lowest BCUT2D eigenvalue weighted by Crippen LogP contribution is -2.24. The van der Waals surface area contributed by atoms with Crippen LogP contribution in [0.15, 0.2) is 61.2 Å². The zero-order valence-corrected chi connectivity index (χ0v) is 17.9. The fourth-order valence-electron chi connectivity index (χ4n) is 2.92. The van der Waals surface area contributed by atoms with Gasteiger partial charge in [0.15, 0.2) is 5.78 Å². The Kier molecular flexibility index (Phi) is 7.69. The molecule has 0 saturated heterocycles. The summed E-state index contributed by atoms with van der Waals surface area (Å²) in [4.78, 5) is 40.6. The van der Waals surface area contributed by atoms with E-state index >= 15 is 0 Å². The molecule has 0 fully saturated rings. The fourth-order valence-corrected chi connectivity index (χ4v) is 2.92. The Bertz CT molecular complexity index is 1050. The van der Waals surface area contributed by atoms with Gasteiger partial charge in [0.2, 0.25) is 11.8 Å². The summed E-state index contributed by atoms with van der Waals surface area (Å²) >= 11 is 0. The maximum atomic E-state index is 12.3. The Morgan fingerprint density at radius 3 is 2.22 bits per heavy atom. The van der Waals surface area contributed by atoms with Crippen LogP contribution in [0.5, 0.6) is 5.75 Å². The van der Waals surface area contributed by atoms with Crippen molar-refractivity contribution in [2.45, 2.75) is 32.7 Å². The molecule has 1 atom stereocenters. The number of ether oxygens (including phenoxy) is 1. The molecular formula is C23H25N5O4. The second kappa shape index (κ2) is 10.9. The number of aromatic nitrogens is 3. The molecule has 2 N–H and O–H groups in total. The van der Waals surface area contributed by atoms with Crippen molar-refractivity contribution in [1.29, 1.82) is 0 Å². The van der Waals surface area contributed by atoms with Crippen LogP contribution in [-0.2, 0) is 9.59 Å². The molecule has 0 aliphatic rings. The molecule has 0 aliphatic heterocycles. The van der Waals surface area contributed by atoms with Gasteiger partial charge >= 0.3 is 0 Å². The highest BCUT2D eigenvalue weighted by atomic mass is 16.5. The van der Waals surface area contributed by atoms with E-state index in [0.29, 0.717) is 29.3 Å². The Balaban J connectivity index is 1.46. The molecule has 0 spiro atoms. The number of carbonyl (C=O) groups excluding carboxylic acids is 3. The number of hydrogen-bond donors (Lipinski definition) is 2. The molecule has 9 nitrogen and oxygen atoms in total. The third-order valence-corrected chi connectivity index (χ3v) is 4.72. The van der Waals surface area contributed by atoms with Crippen LogP contribution in [0.1, 0.15) is 43.1 Å². The average Bonchev–Trinajstić information content (AvgIpc) is 3.34. The highest BCUT2D eigenvalue weighted by Crippen LogP contribution is 2.17. The smallest absolute Gasteiger partial charge is 0.249 e. The van der Waals surface area contributed by atoms with E-state index in [-0.39, 0.29) is 30.4 Å². The van der Waals surface area contributed by atoms with Gasteiger partial charge in [-0.25, -0.2) is 9.67 Å². The van der Waals surface area contributed by atoms with Gasteiger partial charge in [0.25, 0.3) is 0 Å². The van der Waals surface area contributed by atoms with Gasteiger partial charge < -0.3 is 15.4 Å². The molecule has 0 unspecified atom stereocenters. The van der Waals surface area contributed by atoms with Crippen LogP contribution in [0.2, 0.25) is 0 Å². The molecule has 2 aromatic carbocycles. The lowest BCUT2D eigenvalue weighted by Gasteiger charge is -2.12. The summed E-state index contributed by atoms with van der Waals surface area (Å²) in [6.07, 6.45) is 3.02. The van der Waals surface area contributed by atoms with Crippen molar-refractivity contribution in [1.82, 2.24) is 14.8 Å². The first kappa shape index (κ1) is 22.7. The predicted octanol–water partition coefficient (Wildman–Crippen LogP) is 3.48. The van der Waals surface area contributed by atoms with E-state index in [2.05, 4.69) is 20.7 Å². The van der Waals surface area contributed by atoms with Gasteiger partial charge in [0, 0.05) is 29.8 Å². The minimum absolute atomic E-state index is 0.0694. The van der Waals surface area contributed by atoms with Crippen molar-refractivity contribution in [3.63, 3.8) is 0 Å². The Labute approximate surface area is 185 Å². The van der Waals surface area contributed by atoms with Crippen molar-refractivity contribution in [3.8, 4) is 5.75 Å². The highest BCUT2D eigenvalue weighted by molar-refractivity contribution is 6.00. The molecule has 9 heteroatoms. The SMILES string of the molecule is CCOc1ccc(C(=O)CCC(=O)Nc2ccc(NC(=O)[C@H](C)n3cncn3)cc2)cc1. The summed E-state index contributed by atoms with van der Waals surface area (Å²) in [6, 6.07) is 13.1. The van der Waals surface area contributed by atoms with Crippen molar-refractivity contribution < 1.29 is 19.1 Å². The summed E-state index contributed by atoms with van der Waals surface area (Å²) in [5.41, 5.74) is 1.71. The third kappa shape index (κ3) is 6.24. The fraction of sp³-hybridized carbons (Fsp3) is 0.261. The van der Waals surface area contributed by atoms with Crippen LogP contribution >= 0.6 is 0 Å². The molecule has 0 aliphatic carbocycles. The first-order valence-electron chi connectivity index (χ1n) is 10.3. The monoisotopic (exact) mass is 435 g/mol. The zero-order valence-electron chi connectivity index (χ0n) is 17.9. The normalized spacial score (nSPS) is 11.4. The first-order valence-corrected chi connectivity index (χ1v) is 10.3. The summed E-state index contributed by atoms with van der Waals surface area (Å²) < 4.78 is 6.82. The van der Waals surface area contributed by atoms with Crippen LogP contribution in [0.3, 0.4) is 0 Å². The maximum Gasteiger partial charge on any atom is 0.249 e. The Morgan fingerprint density at radius 2 is 1.62 bits per heavy atom. The number of nitrogens with one attached hydrogen (secondary N) is 2. The Hall–Kier alpha value is -4.01. The van der Waals surface area contributed by atoms with E-state index < -0.39 is 6.04 Å². The molecule has 0 bridgehead atoms. The average molecular weight is 435 g/mol. The number of nitrogens with zero attached hydrogens (tertiary/aromatic N) is 3. The van der Waals surface area contributed by atoms with E-state index in [1.54, 1.807) is 55.5 Å². The maximum absolute atomic E-state index is 12.3. The van der Waals surface area contributed by atoms with Gasteiger partial charge in [0.05, 0.1) is 6.61 Å². The topological polar surface area (TPSA) is 115 Å². The van der Waals surface area contributed by atoms with Gasteiger partial charge in [-0.2, -0.15) is 5.10 Å². The van der Waals surface area contributed by atoms with Gasteiger partial charge in [-0.05, 0) is 62.4 Å². The minimum Gasteiger partial charge on any atom is -0.494 e. The molecule has 2 amide bonds. The van der Waals surface area contributed by atoms with Crippen LogP contribution in [0.4, 0.5) is 11.4 Å². The van der Waals surface area contributed by atoms with E-state index in [0.717, 1.165) is 0 Å². The number of benzene rings is 2. The highest BCUT2D eigenvalue weighted by Gasteiger charge is 2.15. The summed E-state index contributed by atoms with van der Waals surface area (Å²) in [7, 11) is 0. The van der Waals surface area contributed by atoms with E-state index in [9.17, 15) is 14.4 Å². The second-order valence-corrected chi connectivity index (χ2v) is 7.05. The molecule has 1 heterocycles. The largest absolute Gasteiger partial charge is 0.494 e. The summed E-state index contributed by atoms with van der Waals surface area (Å²) in [6.45, 7) is 4.17. The van der Waals surface area contributed by atoms with Crippen molar-refractivity contribution >= 4 is 29.0 Å². The molecule has 166 valence electrons. The van der Waals surface area contributed by atoms with Gasteiger partial charge in [0.1, 0.15) is 24.4 Å². The molecule has 1 aromatic heterocycles. The van der Waals surface area contributed by atoms with Gasteiger partial charge in [-0.3, -0.25) is 14.4 Å². The molecule has 0 radical (unpaired) electrons. The van der Waals surface area contributed by atoms with Gasteiger partial charge in [-0.1, -0.05) is 0 Å². The summed E-state index contributed by atoms with van der Waals surface area (Å²) in [5.74, 6) is 0.0954. The van der Waals surface area contributed by atoms with E-state index in [1.807, 2.05) is 6.92 Å². The summed E-state index contributed by atoms with van der Waals surface area (Å²) in [5, 5.41) is 9.49. The number of amides is 2. The van der Waals surface area contributed by atoms with Crippen molar-refractivity contribution in [2.75, 3.05) is 17.2 Å².